The van der Waals surface area contributed by atoms with Crippen LogP contribution in [0.2, 0.25) is 0 Å². The molecule has 0 aliphatic heterocycles. The molecule has 0 aliphatic rings. The van der Waals surface area contributed by atoms with Crippen molar-refractivity contribution in [2.45, 2.75) is 20.3 Å². The number of nitro benzene ring substituents is 1. The molecule has 2 aromatic carbocycles. The summed E-state index contributed by atoms with van der Waals surface area (Å²) in [6, 6.07) is 8.10. The van der Waals surface area contributed by atoms with Crippen LogP contribution in [0, 0.1) is 10.1 Å². The van der Waals surface area contributed by atoms with Gasteiger partial charge in [-0.2, -0.15) is 0 Å². The van der Waals surface area contributed by atoms with Crippen LogP contribution >= 0.6 is 0 Å². The molecule has 0 fully saturated rings. The number of ether oxygens (including phenoxy) is 1. The number of fused-ring (bicyclic) bond motifs is 2. The van der Waals surface area contributed by atoms with Gasteiger partial charge < -0.3 is 19.9 Å². The van der Waals surface area contributed by atoms with E-state index in [1.165, 1.54) is 13.2 Å². The van der Waals surface area contributed by atoms with Gasteiger partial charge in [0.2, 0.25) is 0 Å². The fourth-order valence-corrected chi connectivity index (χ4v) is 3.54. The lowest BCUT2D eigenvalue weighted by Crippen LogP contribution is -2.25. The van der Waals surface area contributed by atoms with E-state index < -0.39 is 4.92 Å². The number of methoxy groups -OCH3 is 1. The first-order chi connectivity index (χ1) is 14.0. The monoisotopic (exact) mass is 398 g/mol. The Kier molecular flexibility index (Phi) is 6.33. The number of non-ortho nitro benzene ring substituents is 1. The van der Waals surface area contributed by atoms with Crippen molar-refractivity contribution >= 4 is 33.2 Å². The SMILES string of the molecule is CCN(CC)CCCNc1ccc([N+](=O)[O-])c2[nH]c3ccc(OC)cc3c(=O)c12. The highest BCUT2D eigenvalue weighted by Gasteiger charge is 2.19. The molecule has 0 saturated heterocycles. The molecule has 2 N–H and O–H groups in total. The second-order valence-electron chi connectivity index (χ2n) is 6.81. The summed E-state index contributed by atoms with van der Waals surface area (Å²) in [5.74, 6) is 0.557. The van der Waals surface area contributed by atoms with E-state index in [4.69, 9.17) is 4.74 Å². The minimum absolute atomic E-state index is 0.122. The van der Waals surface area contributed by atoms with Crippen LogP contribution in [0.3, 0.4) is 0 Å². The molecule has 29 heavy (non-hydrogen) atoms. The van der Waals surface area contributed by atoms with E-state index in [0.717, 1.165) is 26.1 Å². The third-order valence-electron chi connectivity index (χ3n) is 5.20. The van der Waals surface area contributed by atoms with E-state index in [1.807, 2.05) is 0 Å². The highest BCUT2D eigenvalue weighted by Crippen LogP contribution is 2.30. The maximum Gasteiger partial charge on any atom is 0.293 e. The number of pyridine rings is 1. The highest BCUT2D eigenvalue weighted by atomic mass is 16.6. The number of nitro groups is 1. The summed E-state index contributed by atoms with van der Waals surface area (Å²) in [4.78, 5) is 29.7. The first-order valence-corrected chi connectivity index (χ1v) is 9.77. The third-order valence-corrected chi connectivity index (χ3v) is 5.20. The minimum Gasteiger partial charge on any atom is -0.497 e. The molecule has 0 radical (unpaired) electrons. The van der Waals surface area contributed by atoms with Gasteiger partial charge in [-0.25, -0.2) is 0 Å². The smallest absolute Gasteiger partial charge is 0.293 e. The minimum atomic E-state index is -0.474. The molecule has 0 saturated carbocycles. The van der Waals surface area contributed by atoms with Crippen LogP contribution in [0.5, 0.6) is 5.75 Å². The number of benzene rings is 2. The normalized spacial score (nSPS) is 11.3. The lowest BCUT2D eigenvalue weighted by atomic mass is 10.1. The molecule has 3 aromatic rings. The largest absolute Gasteiger partial charge is 0.497 e. The number of aromatic amines is 1. The Morgan fingerprint density at radius 3 is 2.62 bits per heavy atom. The van der Waals surface area contributed by atoms with Crippen LogP contribution in [0.15, 0.2) is 35.1 Å². The van der Waals surface area contributed by atoms with E-state index in [9.17, 15) is 14.9 Å². The van der Waals surface area contributed by atoms with Crippen LogP contribution in [-0.2, 0) is 0 Å². The van der Waals surface area contributed by atoms with E-state index in [2.05, 4.69) is 29.0 Å². The van der Waals surface area contributed by atoms with Gasteiger partial charge in [-0.05, 0) is 50.3 Å². The number of nitrogens with one attached hydrogen (secondary N) is 2. The lowest BCUT2D eigenvalue weighted by Gasteiger charge is -2.18. The number of H-pyrrole nitrogens is 1. The molecule has 0 bridgehead atoms. The molecule has 0 aliphatic carbocycles. The fourth-order valence-electron chi connectivity index (χ4n) is 3.54. The van der Waals surface area contributed by atoms with E-state index in [-0.39, 0.29) is 16.6 Å². The Morgan fingerprint density at radius 2 is 1.97 bits per heavy atom. The Bertz CT molecular complexity index is 1090. The fraction of sp³-hybridized carbons (Fsp3) is 0.381. The van der Waals surface area contributed by atoms with Crippen LogP contribution in [0.25, 0.3) is 21.8 Å². The molecule has 0 unspecified atom stereocenters. The van der Waals surface area contributed by atoms with E-state index in [0.29, 0.717) is 34.3 Å². The molecule has 0 atom stereocenters. The predicted molar refractivity (Wildman–Crippen MR) is 116 cm³/mol. The van der Waals surface area contributed by atoms with Gasteiger partial charge in [-0.1, -0.05) is 13.8 Å². The number of nitrogens with zero attached hydrogens (tertiary/aromatic N) is 2. The van der Waals surface area contributed by atoms with Gasteiger partial charge in [0.05, 0.1) is 22.9 Å². The van der Waals surface area contributed by atoms with Gasteiger partial charge in [-0.15, -0.1) is 0 Å². The average molecular weight is 398 g/mol. The van der Waals surface area contributed by atoms with Crippen LogP contribution in [0.1, 0.15) is 20.3 Å². The number of hydrogen-bond acceptors (Lipinski definition) is 6. The lowest BCUT2D eigenvalue weighted by molar-refractivity contribution is -0.383. The van der Waals surface area contributed by atoms with Crippen molar-refractivity contribution in [3.05, 3.63) is 50.7 Å². The summed E-state index contributed by atoms with van der Waals surface area (Å²) in [6.45, 7) is 7.84. The van der Waals surface area contributed by atoms with Gasteiger partial charge >= 0.3 is 0 Å². The topological polar surface area (TPSA) is 100 Å². The van der Waals surface area contributed by atoms with E-state index >= 15 is 0 Å². The number of rotatable bonds is 9. The Labute approximate surface area is 168 Å². The average Bonchev–Trinajstić information content (AvgIpc) is 2.73. The summed E-state index contributed by atoms with van der Waals surface area (Å²) >= 11 is 0. The molecule has 0 amide bonds. The molecule has 154 valence electrons. The molecule has 3 rings (SSSR count). The van der Waals surface area contributed by atoms with Gasteiger partial charge in [0.1, 0.15) is 11.3 Å². The molecular formula is C21H26N4O4. The van der Waals surface area contributed by atoms with Crippen LogP contribution in [-0.4, -0.2) is 48.1 Å². The zero-order valence-corrected chi connectivity index (χ0v) is 16.9. The van der Waals surface area contributed by atoms with Crippen molar-refractivity contribution in [1.29, 1.82) is 0 Å². The quantitative estimate of drug-likeness (QED) is 0.246. The Hall–Kier alpha value is -3.13. The molecule has 1 heterocycles. The molecular weight excluding hydrogens is 372 g/mol. The van der Waals surface area contributed by atoms with Crippen molar-refractivity contribution in [2.75, 3.05) is 38.6 Å². The summed E-state index contributed by atoms with van der Waals surface area (Å²) in [7, 11) is 1.53. The van der Waals surface area contributed by atoms with Crippen LogP contribution in [0.4, 0.5) is 11.4 Å². The zero-order chi connectivity index (χ0) is 21.0. The van der Waals surface area contributed by atoms with Gasteiger partial charge in [0.15, 0.2) is 5.43 Å². The molecule has 1 aromatic heterocycles. The second kappa shape index (κ2) is 8.91. The number of hydrogen-bond donors (Lipinski definition) is 2. The Morgan fingerprint density at radius 1 is 1.21 bits per heavy atom. The van der Waals surface area contributed by atoms with Crippen molar-refractivity contribution in [3.8, 4) is 5.75 Å². The van der Waals surface area contributed by atoms with Gasteiger partial charge in [0.25, 0.3) is 5.69 Å². The molecule has 0 spiro atoms. The van der Waals surface area contributed by atoms with Gasteiger partial charge in [0, 0.05) is 23.7 Å². The van der Waals surface area contributed by atoms with Crippen molar-refractivity contribution < 1.29 is 9.66 Å². The van der Waals surface area contributed by atoms with Crippen molar-refractivity contribution in [1.82, 2.24) is 9.88 Å². The predicted octanol–water partition coefficient (Wildman–Crippen LogP) is 3.74. The standard InChI is InChI=1S/C21H26N4O4/c1-4-24(5-2)12-6-11-22-17-9-10-18(25(27)28)20-19(17)21(26)15-13-14(29-3)7-8-16(15)23-20/h7-10,13,22H,4-6,11-12H2,1-3H3,(H,23,26). The summed E-state index contributed by atoms with van der Waals surface area (Å²) in [6.07, 6.45) is 0.902. The number of aromatic nitrogens is 1. The number of anilines is 1. The third kappa shape index (κ3) is 4.17. The maximum absolute atomic E-state index is 13.2. The summed E-state index contributed by atoms with van der Waals surface area (Å²) in [5.41, 5.74) is 0.971. The zero-order valence-electron chi connectivity index (χ0n) is 16.9. The second-order valence-corrected chi connectivity index (χ2v) is 6.81. The van der Waals surface area contributed by atoms with Crippen molar-refractivity contribution in [3.63, 3.8) is 0 Å². The highest BCUT2D eigenvalue weighted by molar-refractivity contribution is 6.03. The first-order valence-electron chi connectivity index (χ1n) is 9.77. The van der Waals surface area contributed by atoms with Crippen LogP contribution < -0.4 is 15.5 Å². The summed E-state index contributed by atoms with van der Waals surface area (Å²) in [5, 5.41) is 15.5. The first kappa shape index (κ1) is 20.6. The maximum atomic E-state index is 13.2. The van der Waals surface area contributed by atoms with E-state index in [1.54, 1.807) is 24.3 Å². The molecule has 8 nitrogen and oxygen atoms in total. The summed E-state index contributed by atoms with van der Waals surface area (Å²) < 4.78 is 5.22. The molecule has 8 heteroatoms. The van der Waals surface area contributed by atoms with Gasteiger partial charge in [-0.3, -0.25) is 14.9 Å². The Balaban J connectivity index is 2.05. The van der Waals surface area contributed by atoms with Crippen molar-refractivity contribution in [2.24, 2.45) is 0 Å².